The Labute approximate surface area is 121 Å². The molecule has 0 unspecified atom stereocenters. The van der Waals surface area contributed by atoms with Gasteiger partial charge in [0, 0.05) is 24.2 Å². The molecule has 0 amide bonds. The number of hydrogen-bond acceptors (Lipinski definition) is 3. The summed E-state index contributed by atoms with van der Waals surface area (Å²) in [5.41, 5.74) is -0.525. The molecule has 1 aromatic rings. The Morgan fingerprint density at radius 3 is 2.33 bits per heavy atom. The molecule has 0 aromatic heterocycles. The first-order chi connectivity index (χ1) is 10.1. The summed E-state index contributed by atoms with van der Waals surface area (Å²) < 4.78 is 26.9. The number of nitrogens with one attached hydrogen (secondary N) is 1. The van der Waals surface area contributed by atoms with E-state index in [1.807, 2.05) is 0 Å². The highest BCUT2D eigenvalue weighted by Gasteiger charge is 2.40. The van der Waals surface area contributed by atoms with Crippen LogP contribution in [-0.2, 0) is 6.54 Å². The van der Waals surface area contributed by atoms with E-state index < -0.39 is 22.2 Å². The van der Waals surface area contributed by atoms with Gasteiger partial charge in [-0.05, 0) is 50.0 Å². The van der Waals surface area contributed by atoms with E-state index in [0.717, 1.165) is 24.4 Å². The molecule has 2 aliphatic carbocycles. The first kappa shape index (κ1) is 14.4. The fourth-order valence-corrected chi connectivity index (χ4v) is 3.00. The molecule has 0 spiro atoms. The Bertz CT molecular complexity index is 545. The molecule has 0 bridgehead atoms. The van der Waals surface area contributed by atoms with Gasteiger partial charge >= 0.3 is 5.69 Å². The lowest BCUT2D eigenvalue weighted by atomic mass is 9.98. The van der Waals surface area contributed by atoms with Crippen LogP contribution in [0.25, 0.3) is 0 Å². The molecule has 2 saturated carbocycles. The molecular formula is C15H18F2N2O2. The zero-order valence-corrected chi connectivity index (χ0v) is 11.6. The second-order valence-corrected chi connectivity index (χ2v) is 6.12. The maximum atomic E-state index is 13.7. The van der Waals surface area contributed by atoms with Gasteiger partial charge in [0.05, 0.1) is 4.92 Å². The highest BCUT2D eigenvalue weighted by molar-refractivity contribution is 5.37. The average molecular weight is 296 g/mol. The molecule has 0 aliphatic heterocycles. The van der Waals surface area contributed by atoms with Crippen LogP contribution in [0.15, 0.2) is 12.1 Å². The minimum Gasteiger partial charge on any atom is -0.312 e. The number of benzene rings is 1. The molecule has 3 rings (SSSR count). The molecule has 1 N–H and O–H groups in total. The van der Waals surface area contributed by atoms with Gasteiger partial charge in [0.25, 0.3) is 0 Å². The lowest BCUT2D eigenvalue weighted by molar-refractivity contribution is -0.387. The third kappa shape index (κ3) is 3.37. The van der Waals surface area contributed by atoms with E-state index in [1.165, 1.54) is 25.7 Å². The van der Waals surface area contributed by atoms with Crippen LogP contribution in [0.4, 0.5) is 14.5 Å². The van der Waals surface area contributed by atoms with Crippen LogP contribution in [0.3, 0.4) is 0 Å². The molecule has 6 heteroatoms. The first-order valence-electron chi connectivity index (χ1n) is 7.39. The van der Waals surface area contributed by atoms with Crippen LogP contribution in [0.2, 0.25) is 0 Å². The molecule has 21 heavy (non-hydrogen) atoms. The highest BCUT2D eigenvalue weighted by atomic mass is 19.1. The zero-order valence-electron chi connectivity index (χ0n) is 11.6. The summed E-state index contributed by atoms with van der Waals surface area (Å²) in [4.78, 5) is 9.86. The van der Waals surface area contributed by atoms with E-state index in [4.69, 9.17) is 0 Å². The van der Waals surface area contributed by atoms with Crippen molar-refractivity contribution in [2.45, 2.75) is 32.2 Å². The summed E-state index contributed by atoms with van der Waals surface area (Å²) >= 11 is 0. The van der Waals surface area contributed by atoms with Gasteiger partial charge in [-0.25, -0.2) is 4.39 Å². The van der Waals surface area contributed by atoms with Gasteiger partial charge in [-0.2, -0.15) is 4.39 Å². The predicted octanol–water partition coefficient (Wildman–Crippen LogP) is 3.40. The summed E-state index contributed by atoms with van der Waals surface area (Å²) in [5.74, 6) is 0.355. The van der Waals surface area contributed by atoms with Gasteiger partial charge in [-0.3, -0.25) is 10.1 Å². The molecule has 1 aromatic carbocycles. The first-order valence-corrected chi connectivity index (χ1v) is 7.39. The van der Waals surface area contributed by atoms with Gasteiger partial charge in [0.15, 0.2) is 0 Å². The fraction of sp³-hybridized carbons (Fsp3) is 0.600. The maximum Gasteiger partial charge on any atom is 0.305 e. The SMILES string of the molecule is O=[N+]([O-])c1cc(CNCC(C2CC2)C2CC2)c(F)cc1F. The van der Waals surface area contributed by atoms with Crippen molar-refractivity contribution < 1.29 is 13.7 Å². The van der Waals surface area contributed by atoms with Crippen LogP contribution in [0, 0.1) is 39.5 Å². The number of halogens is 2. The molecule has 0 atom stereocenters. The Morgan fingerprint density at radius 1 is 1.19 bits per heavy atom. The van der Waals surface area contributed by atoms with E-state index in [-0.39, 0.29) is 12.1 Å². The minimum absolute atomic E-state index is 0.147. The monoisotopic (exact) mass is 296 g/mol. The van der Waals surface area contributed by atoms with Crippen molar-refractivity contribution in [2.75, 3.05) is 6.54 Å². The van der Waals surface area contributed by atoms with Gasteiger partial charge < -0.3 is 5.32 Å². The molecule has 0 radical (unpaired) electrons. The van der Waals surface area contributed by atoms with Crippen molar-refractivity contribution in [3.8, 4) is 0 Å². The average Bonchev–Trinajstić information content (AvgIpc) is 3.29. The molecule has 2 aliphatic rings. The second-order valence-electron chi connectivity index (χ2n) is 6.12. The van der Waals surface area contributed by atoms with Crippen molar-refractivity contribution in [3.63, 3.8) is 0 Å². The van der Waals surface area contributed by atoms with E-state index in [9.17, 15) is 18.9 Å². The smallest absolute Gasteiger partial charge is 0.305 e. The van der Waals surface area contributed by atoms with Crippen molar-refractivity contribution in [2.24, 2.45) is 17.8 Å². The van der Waals surface area contributed by atoms with Gasteiger partial charge in [-0.15, -0.1) is 0 Å². The number of rotatable bonds is 7. The fourth-order valence-electron chi connectivity index (χ4n) is 3.00. The topological polar surface area (TPSA) is 55.2 Å². The standard InChI is InChI=1S/C15H18F2N2O2/c16-13-6-14(17)15(19(20)21)5-11(13)7-18-8-12(9-1-2-9)10-3-4-10/h5-6,9-10,12,18H,1-4,7-8H2. The van der Waals surface area contributed by atoms with Crippen LogP contribution in [-0.4, -0.2) is 11.5 Å². The van der Waals surface area contributed by atoms with Gasteiger partial charge in [-0.1, -0.05) is 0 Å². The van der Waals surface area contributed by atoms with Crippen LogP contribution >= 0.6 is 0 Å². The van der Waals surface area contributed by atoms with E-state index in [2.05, 4.69) is 5.32 Å². The summed E-state index contributed by atoms with van der Waals surface area (Å²) in [6.45, 7) is 1.00. The minimum atomic E-state index is -1.13. The zero-order chi connectivity index (χ0) is 15.0. The number of nitro groups is 1. The van der Waals surface area contributed by atoms with Crippen molar-refractivity contribution in [1.82, 2.24) is 5.32 Å². The highest BCUT2D eigenvalue weighted by Crippen LogP contribution is 2.48. The van der Waals surface area contributed by atoms with Crippen LogP contribution < -0.4 is 5.32 Å². The molecular weight excluding hydrogens is 278 g/mol. The number of nitrogens with zero attached hydrogens (tertiary/aromatic N) is 1. The summed E-state index contributed by atoms with van der Waals surface area (Å²) in [6, 6.07) is 1.58. The third-order valence-corrected chi connectivity index (χ3v) is 4.46. The normalized spacial score (nSPS) is 18.2. The van der Waals surface area contributed by atoms with Crippen molar-refractivity contribution in [1.29, 1.82) is 0 Å². The lowest BCUT2D eigenvalue weighted by Crippen LogP contribution is -2.25. The van der Waals surface area contributed by atoms with E-state index >= 15 is 0 Å². The second kappa shape index (κ2) is 5.67. The Hall–Kier alpha value is -1.56. The quantitative estimate of drug-likeness (QED) is 0.620. The van der Waals surface area contributed by atoms with E-state index in [0.29, 0.717) is 12.0 Å². The largest absolute Gasteiger partial charge is 0.312 e. The molecule has 4 nitrogen and oxygen atoms in total. The summed E-state index contributed by atoms with van der Waals surface area (Å²) in [5, 5.41) is 13.9. The van der Waals surface area contributed by atoms with Crippen LogP contribution in [0.5, 0.6) is 0 Å². The van der Waals surface area contributed by atoms with Crippen molar-refractivity contribution in [3.05, 3.63) is 39.4 Å². The van der Waals surface area contributed by atoms with Crippen LogP contribution in [0.1, 0.15) is 31.2 Å². The molecule has 2 fully saturated rings. The Morgan fingerprint density at radius 2 is 1.81 bits per heavy atom. The third-order valence-electron chi connectivity index (χ3n) is 4.46. The molecule has 0 heterocycles. The predicted molar refractivity (Wildman–Crippen MR) is 73.7 cm³/mol. The Kier molecular flexibility index (Phi) is 3.89. The number of hydrogen-bond donors (Lipinski definition) is 1. The Balaban J connectivity index is 1.61. The molecule has 114 valence electrons. The lowest BCUT2D eigenvalue weighted by Gasteiger charge is -2.16. The maximum absolute atomic E-state index is 13.7. The number of nitro benzene ring substituents is 1. The molecule has 0 saturated heterocycles. The van der Waals surface area contributed by atoms with Crippen molar-refractivity contribution >= 4 is 5.69 Å². The summed E-state index contributed by atoms with van der Waals surface area (Å²) in [7, 11) is 0. The van der Waals surface area contributed by atoms with Gasteiger partial charge in [0.2, 0.25) is 5.82 Å². The van der Waals surface area contributed by atoms with Gasteiger partial charge in [0.1, 0.15) is 5.82 Å². The van der Waals surface area contributed by atoms with E-state index in [1.54, 1.807) is 0 Å². The summed E-state index contributed by atoms with van der Waals surface area (Å²) in [6.07, 6.45) is 5.11.